The summed E-state index contributed by atoms with van der Waals surface area (Å²) in [7, 11) is -3.96. The van der Waals surface area contributed by atoms with E-state index in [-0.39, 0.29) is 10.7 Å². The number of carboxylic acid groups (broad SMARTS) is 1. The van der Waals surface area contributed by atoms with Crippen LogP contribution in [0.3, 0.4) is 0 Å². The zero-order chi connectivity index (χ0) is 18.6. The predicted molar refractivity (Wildman–Crippen MR) is 101 cm³/mol. The lowest BCUT2D eigenvalue weighted by molar-refractivity contribution is -0.136. The molecule has 2 aliphatic heterocycles. The van der Waals surface area contributed by atoms with Gasteiger partial charge in [-0.3, -0.25) is 19.0 Å². The molecule has 25 heavy (non-hydrogen) atoms. The Morgan fingerprint density at radius 2 is 2.08 bits per heavy atom. The van der Waals surface area contributed by atoms with Crippen molar-refractivity contribution in [2.45, 2.75) is 6.42 Å². The van der Waals surface area contributed by atoms with Gasteiger partial charge in [0.2, 0.25) is 0 Å². The van der Waals surface area contributed by atoms with E-state index in [4.69, 9.17) is 21.9 Å². The average molecular weight is 425 g/mol. The highest BCUT2D eigenvalue weighted by Crippen LogP contribution is 2.33. The number of nitrogens with zero attached hydrogens (tertiary/aromatic N) is 2. The molecule has 12 heteroatoms. The van der Waals surface area contributed by atoms with E-state index in [9.17, 15) is 18.0 Å². The third-order valence-corrected chi connectivity index (χ3v) is 6.69. The summed E-state index contributed by atoms with van der Waals surface area (Å²) in [5, 5.41) is 9.30. The van der Waals surface area contributed by atoms with Crippen LogP contribution in [0.4, 0.5) is 4.79 Å². The van der Waals surface area contributed by atoms with Gasteiger partial charge in [0.25, 0.3) is 15.4 Å². The zero-order valence-electron chi connectivity index (χ0n) is 13.0. The van der Waals surface area contributed by atoms with E-state index >= 15 is 0 Å². The molecule has 0 aromatic carbocycles. The normalized spacial score (nSPS) is 21.8. The van der Waals surface area contributed by atoms with Crippen molar-refractivity contribution in [3.8, 4) is 0 Å². The Hall–Kier alpha value is -1.08. The van der Waals surface area contributed by atoms with Crippen LogP contribution < -0.4 is 0 Å². The Bertz CT molecular complexity index is 746. The zero-order valence-corrected chi connectivity index (χ0v) is 16.2. The topological polar surface area (TPSA) is 115 Å². The van der Waals surface area contributed by atoms with E-state index in [0.717, 1.165) is 34.0 Å². The third-order valence-electron chi connectivity index (χ3n) is 3.30. The van der Waals surface area contributed by atoms with E-state index in [1.54, 1.807) is 23.9 Å². The summed E-state index contributed by atoms with van der Waals surface area (Å²) in [5.74, 6) is -0.573. The van der Waals surface area contributed by atoms with Crippen molar-refractivity contribution in [3.05, 3.63) is 22.1 Å². The van der Waals surface area contributed by atoms with Crippen molar-refractivity contribution < 1.29 is 27.7 Å². The van der Waals surface area contributed by atoms with E-state index in [1.807, 2.05) is 4.90 Å². The van der Waals surface area contributed by atoms with Crippen LogP contribution in [-0.4, -0.2) is 75.2 Å². The second-order valence-corrected chi connectivity index (χ2v) is 9.23. The molecule has 2 fully saturated rings. The van der Waals surface area contributed by atoms with Gasteiger partial charge in [-0.1, -0.05) is 12.2 Å². The summed E-state index contributed by atoms with van der Waals surface area (Å²) in [6, 6.07) is 0. The molecule has 2 rings (SSSR count). The smallest absolute Gasteiger partial charge is 0.323 e. The van der Waals surface area contributed by atoms with E-state index in [1.165, 1.54) is 0 Å². The molecular weight excluding hydrogens is 408 g/mol. The number of thiocarbonyl (C=S) groups is 1. The van der Waals surface area contributed by atoms with Gasteiger partial charge in [0.1, 0.15) is 11.5 Å². The Balaban J connectivity index is 2.01. The van der Waals surface area contributed by atoms with Crippen LogP contribution in [0.15, 0.2) is 22.1 Å². The number of hydrogen-bond acceptors (Lipinski definition) is 8. The Morgan fingerprint density at radius 1 is 1.36 bits per heavy atom. The Morgan fingerprint density at radius 3 is 2.72 bits per heavy atom. The van der Waals surface area contributed by atoms with Gasteiger partial charge in [0.15, 0.2) is 0 Å². The molecule has 0 aromatic rings. The molecule has 2 N–H and O–H groups in total. The molecule has 138 valence electrons. The molecule has 0 radical (unpaired) electrons. The van der Waals surface area contributed by atoms with Crippen LogP contribution in [0.5, 0.6) is 0 Å². The van der Waals surface area contributed by atoms with Crippen molar-refractivity contribution in [3.63, 3.8) is 0 Å². The summed E-state index contributed by atoms with van der Waals surface area (Å²) in [6.45, 7) is 0.783. The van der Waals surface area contributed by atoms with Gasteiger partial charge in [-0.15, -0.1) is 11.8 Å². The summed E-state index contributed by atoms with van der Waals surface area (Å²) in [6.07, 6.45) is 3.78. The second kappa shape index (κ2) is 8.54. The summed E-state index contributed by atoms with van der Waals surface area (Å²) in [5.41, 5.74) is 0. The highest BCUT2D eigenvalue weighted by atomic mass is 32.2. The molecule has 2 saturated heterocycles. The van der Waals surface area contributed by atoms with Gasteiger partial charge < -0.3 is 10.0 Å². The lowest BCUT2D eigenvalue weighted by atomic mass is 10.4. The van der Waals surface area contributed by atoms with Crippen molar-refractivity contribution in [1.29, 1.82) is 0 Å². The molecule has 2 heterocycles. The Kier molecular flexibility index (Phi) is 6.91. The van der Waals surface area contributed by atoms with Crippen LogP contribution in [-0.2, 0) is 14.9 Å². The monoisotopic (exact) mass is 424 g/mol. The number of amides is 1. The molecule has 2 aliphatic rings. The maximum absolute atomic E-state index is 11.8. The number of thioether (sulfide) groups is 2. The van der Waals surface area contributed by atoms with Crippen LogP contribution in [0, 0.1) is 0 Å². The van der Waals surface area contributed by atoms with E-state index in [0.29, 0.717) is 17.9 Å². The Labute approximate surface area is 159 Å². The lowest BCUT2D eigenvalue weighted by Gasteiger charge is -2.18. The molecule has 0 unspecified atom stereocenters. The van der Waals surface area contributed by atoms with Crippen molar-refractivity contribution >= 4 is 62.1 Å². The number of allylic oxidation sites excluding steroid dienone is 2. The standard InChI is InChI=1S/C13H16N2O6S4/c16-11(17)8-15-12(22)9(24-13(15)18)2-3-10-14(5-6-23-10)4-1-7-25(19,20)21/h2-3H,1,4-8H2,(H,16,17)(H,19,20,21). The molecule has 0 saturated carbocycles. The average Bonchev–Trinajstić information content (AvgIpc) is 3.03. The summed E-state index contributed by atoms with van der Waals surface area (Å²) in [4.78, 5) is 26.3. The van der Waals surface area contributed by atoms with Crippen LogP contribution in [0.25, 0.3) is 0 Å². The highest BCUT2D eigenvalue weighted by Gasteiger charge is 2.32. The highest BCUT2D eigenvalue weighted by molar-refractivity contribution is 8.19. The minimum Gasteiger partial charge on any atom is -0.480 e. The SMILES string of the molecule is O=C(O)CN1C(=O)SC(=CC=C2SCCN2CCCS(=O)(=O)O)C1=S. The first-order valence-corrected chi connectivity index (χ1v) is 11.0. The lowest BCUT2D eigenvalue weighted by Crippen LogP contribution is -2.32. The van der Waals surface area contributed by atoms with Gasteiger partial charge >= 0.3 is 5.97 Å². The minimum atomic E-state index is -3.96. The number of carbonyl (C=O) groups excluding carboxylic acids is 1. The fraction of sp³-hybridized carbons (Fsp3) is 0.462. The number of rotatable bonds is 7. The molecule has 0 atom stereocenters. The second-order valence-electron chi connectivity index (χ2n) is 5.16. The molecular formula is C13H16N2O6S4. The number of aliphatic carboxylic acids is 1. The van der Waals surface area contributed by atoms with E-state index < -0.39 is 27.9 Å². The number of hydrogen-bond donors (Lipinski definition) is 2. The number of carboxylic acids is 1. The fourth-order valence-corrected chi connectivity index (χ4v) is 4.94. The summed E-state index contributed by atoms with van der Waals surface area (Å²) < 4.78 is 30.3. The first-order valence-electron chi connectivity index (χ1n) is 7.18. The molecule has 0 aromatic heterocycles. The maximum atomic E-state index is 11.8. The fourth-order valence-electron chi connectivity index (χ4n) is 2.21. The van der Waals surface area contributed by atoms with Crippen LogP contribution in [0.1, 0.15) is 6.42 Å². The van der Waals surface area contributed by atoms with Crippen molar-refractivity contribution in [2.75, 3.05) is 31.1 Å². The first-order chi connectivity index (χ1) is 11.7. The quantitative estimate of drug-likeness (QED) is 0.355. The molecule has 0 aliphatic carbocycles. The molecule has 0 bridgehead atoms. The largest absolute Gasteiger partial charge is 0.480 e. The van der Waals surface area contributed by atoms with Gasteiger partial charge in [-0.05, 0) is 30.3 Å². The molecule has 8 nitrogen and oxygen atoms in total. The van der Waals surface area contributed by atoms with Gasteiger partial charge in [0, 0.05) is 18.8 Å². The van der Waals surface area contributed by atoms with Crippen molar-refractivity contribution in [1.82, 2.24) is 9.80 Å². The van der Waals surface area contributed by atoms with E-state index in [2.05, 4.69) is 0 Å². The van der Waals surface area contributed by atoms with Crippen molar-refractivity contribution in [2.24, 2.45) is 0 Å². The van der Waals surface area contributed by atoms with Gasteiger partial charge in [-0.2, -0.15) is 8.42 Å². The predicted octanol–water partition coefficient (Wildman–Crippen LogP) is 1.62. The third kappa shape index (κ3) is 5.99. The van der Waals surface area contributed by atoms with Gasteiger partial charge in [0.05, 0.1) is 15.7 Å². The van der Waals surface area contributed by atoms with Gasteiger partial charge in [-0.25, -0.2) is 0 Å². The maximum Gasteiger partial charge on any atom is 0.323 e. The first kappa shape index (κ1) is 20.2. The van der Waals surface area contributed by atoms with Crippen LogP contribution >= 0.6 is 35.7 Å². The number of carbonyl (C=O) groups is 2. The minimum absolute atomic E-state index is 0.190. The summed E-state index contributed by atoms with van der Waals surface area (Å²) >= 11 is 7.63. The molecule has 0 spiro atoms. The molecule has 1 amide bonds. The van der Waals surface area contributed by atoms with Crippen LogP contribution in [0.2, 0.25) is 0 Å².